The van der Waals surface area contributed by atoms with Gasteiger partial charge in [0.2, 0.25) is 0 Å². The summed E-state index contributed by atoms with van der Waals surface area (Å²) < 4.78 is 0. The van der Waals surface area contributed by atoms with E-state index in [1.807, 2.05) is 18.2 Å². The molecule has 1 rings (SSSR count). The maximum atomic E-state index is 8.56. The number of hydrogen-bond donors (Lipinski definition) is 1. The molecule has 17 heavy (non-hydrogen) atoms. The smallest absolute Gasteiger partial charge is 0.0431 e. The van der Waals surface area contributed by atoms with Gasteiger partial charge in [0.25, 0.3) is 0 Å². The zero-order valence-electron chi connectivity index (χ0n) is 10.4. The number of aliphatic hydroxyl groups is 1. The Balaban J connectivity index is 0.000000557. The van der Waals surface area contributed by atoms with E-state index in [-0.39, 0.29) is 0 Å². The van der Waals surface area contributed by atoms with E-state index >= 15 is 0 Å². The molecule has 0 spiro atoms. The van der Waals surface area contributed by atoms with Crippen molar-refractivity contribution >= 4 is 6.08 Å². The Morgan fingerprint density at radius 3 is 2.18 bits per heavy atom. The molecule has 0 bridgehead atoms. The number of unbranched alkanes of at least 4 members (excludes halogenated alkanes) is 2. The zero-order valence-corrected chi connectivity index (χ0v) is 10.4. The maximum absolute atomic E-state index is 8.56. The van der Waals surface area contributed by atoms with Crippen LogP contribution in [0.3, 0.4) is 0 Å². The Hall–Kier alpha value is -1.60. The van der Waals surface area contributed by atoms with Crippen molar-refractivity contribution in [2.45, 2.75) is 19.3 Å². The van der Waals surface area contributed by atoms with Crippen LogP contribution in [0.5, 0.6) is 0 Å². The van der Waals surface area contributed by atoms with Gasteiger partial charge in [0, 0.05) is 6.61 Å². The lowest BCUT2D eigenvalue weighted by Gasteiger charge is -1.92. The molecule has 0 heterocycles. The molecule has 0 amide bonds. The van der Waals surface area contributed by atoms with Gasteiger partial charge >= 0.3 is 0 Å². The topological polar surface area (TPSA) is 20.2 Å². The Kier molecular flexibility index (Phi) is 11.3. The van der Waals surface area contributed by atoms with E-state index in [9.17, 15) is 0 Å². The van der Waals surface area contributed by atoms with Crippen molar-refractivity contribution in [2.75, 3.05) is 6.61 Å². The molecule has 0 aliphatic heterocycles. The van der Waals surface area contributed by atoms with Crippen molar-refractivity contribution in [3.05, 3.63) is 67.3 Å². The van der Waals surface area contributed by atoms with E-state index in [0.717, 1.165) is 19.3 Å². The van der Waals surface area contributed by atoms with Gasteiger partial charge < -0.3 is 5.11 Å². The predicted molar refractivity (Wildman–Crippen MR) is 76.8 cm³/mol. The normalized spacial score (nSPS) is 9.47. The van der Waals surface area contributed by atoms with Crippen LogP contribution in [0.15, 0.2) is 61.7 Å². The van der Waals surface area contributed by atoms with E-state index in [2.05, 4.69) is 37.4 Å². The van der Waals surface area contributed by atoms with E-state index in [1.165, 1.54) is 5.56 Å². The van der Waals surface area contributed by atoms with Crippen molar-refractivity contribution in [1.29, 1.82) is 0 Å². The van der Waals surface area contributed by atoms with Gasteiger partial charge in [-0.25, -0.2) is 0 Å². The molecule has 1 nitrogen and oxygen atoms in total. The number of benzene rings is 1. The van der Waals surface area contributed by atoms with Crippen LogP contribution in [-0.2, 0) is 0 Å². The lowest BCUT2D eigenvalue weighted by Crippen LogP contribution is -1.80. The molecule has 0 radical (unpaired) electrons. The monoisotopic (exact) mass is 230 g/mol. The van der Waals surface area contributed by atoms with Crippen molar-refractivity contribution in [2.24, 2.45) is 0 Å². The van der Waals surface area contributed by atoms with Crippen LogP contribution in [0.25, 0.3) is 6.08 Å². The standard InChI is InChI=1S/C12H16O.C4H6/c13-11-7-2-1-4-8-12-9-5-3-6-10-12;1-3-4-2/h3-6,8-10,13H,1-2,7,11H2;3-4H,1-2H2. The molecule has 0 saturated carbocycles. The third kappa shape index (κ3) is 10.7. The summed E-state index contributed by atoms with van der Waals surface area (Å²) in [5.41, 5.74) is 1.24. The van der Waals surface area contributed by atoms with Crippen LogP contribution in [-0.4, -0.2) is 11.7 Å². The van der Waals surface area contributed by atoms with Crippen LogP contribution in [0.1, 0.15) is 24.8 Å². The number of allylic oxidation sites excluding steroid dienone is 3. The molecule has 0 aliphatic rings. The second-order valence-electron chi connectivity index (χ2n) is 3.50. The molecule has 0 unspecified atom stereocenters. The van der Waals surface area contributed by atoms with Gasteiger partial charge in [0.15, 0.2) is 0 Å². The highest BCUT2D eigenvalue weighted by Crippen LogP contribution is 2.03. The maximum Gasteiger partial charge on any atom is 0.0431 e. The minimum absolute atomic E-state index is 0.305. The summed E-state index contributed by atoms with van der Waals surface area (Å²) in [6.45, 7) is 7.03. The van der Waals surface area contributed by atoms with Crippen LogP contribution < -0.4 is 0 Å². The van der Waals surface area contributed by atoms with Gasteiger partial charge in [-0.3, -0.25) is 0 Å². The van der Waals surface area contributed by atoms with Gasteiger partial charge in [0.1, 0.15) is 0 Å². The Morgan fingerprint density at radius 1 is 1.00 bits per heavy atom. The SMILES string of the molecule is C=CC=C.OCCCCC=Cc1ccccc1. The van der Waals surface area contributed by atoms with Crippen molar-refractivity contribution < 1.29 is 5.11 Å². The zero-order chi connectivity index (χ0) is 12.8. The molecule has 0 aliphatic carbocycles. The molecular weight excluding hydrogens is 208 g/mol. The van der Waals surface area contributed by atoms with Crippen molar-refractivity contribution in [3.8, 4) is 0 Å². The quantitative estimate of drug-likeness (QED) is 0.573. The molecule has 1 N–H and O–H groups in total. The highest BCUT2D eigenvalue weighted by Gasteiger charge is 1.84. The van der Waals surface area contributed by atoms with Crippen LogP contribution in [0, 0.1) is 0 Å². The summed E-state index contributed by atoms with van der Waals surface area (Å²) in [7, 11) is 0. The molecule has 0 aromatic heterocycles. The Labute approximate surface area is 105 Å². The van der Waals surface area contributed by atoms with Crippen LogP contribution in [0.4, 0.5) is 0 Å². The fourth-order valence-electron chi connectivity index (χ4n) is 1.16. The second-order valence-corrected chi connectivity index (χ2v) is 3.50. The first-order chi connectivity index (χ1) is 8.35. The van der Waals surface area contributed by atoms with Gasteiger partial charge in [-0.05, 0) is 24.8 Å². The average Bonchev–Trinajstić information content (AvgIpc) is 2.40. The lowest BCUT2D eigenvalue weighted by atomic mass is 10.2. The fourth-order valence-corrected chi connectivity index (χ4v) is 1.16. The van der Waals surface area contributed by atoms with Crippen molar-refractivity contribution in [3.63, 3.8) is 0 Å². The Morgan fingerprint density at radius 2 is 1.65 bits per heavy atom. The third-order valence-corrected chi connectivity index (χ3v) is 2.06. The number of rotatable bonds is 6. The molecule has 0 atom stereocenters. The lowest BCUT2D eigenvalue weighted by molar-refractivity contribution is 0.285. The minimum atomic E-state index is 0.305. The van der Waals surface area contributed by atoms with Crippen molar-refractivity contribution in [1.82, 2.24) is 0 Å². The molecule has 0 fully saturated rings. The fraction of sp³-hybridized carbons (Fsp3) is 0.250. The highest BCUT2D eigenvalue weighted by molar-refractivity contribution is 5.48. The van der Waals surface area contributed by atoms with E-state index in [4.69, 9.17) is 5.11 Å². The number of hydrogen-bond acceptors (Lipinski definition) is 1. The van der Waals surface area contributed by atoms with E-state index in [0.29, 0.717) is 6.61 Å². The average molecular weight is 230 g/mol. The van der Waals surface area contributed by atoms with E-state index < -0.39 is 0 Å². The molecule has 0 saturated heterocycles. The molecular formula is C16H22O. The summed E-state index contributed by atoms with van der Waals surface area (Å²) in [6.07, 6.45) is 10.6. The molecule has 1 aromatic rings. The van der Waals surface area contributed by atoms with Gasteiger partial charge in [-0.1, -0.05) is 67.8 Å². The first-order valence-corrected chi connectivity index (χ1v) is 5.91. The summed E-state index contributed by atoms with van der Waals surface area (Å²) in [6, 6.07) is 10.3. The van der Waals surface area contributed by atoms with Crippen LogP contribution in [0.2, 0.25) is 0 Å². The Bertz CT molecular complexity index is 306. The summed E-state index contributed by atoms with van der Waals surface area (Å²) >= 11 is 0. The summed E-state index contributed by atoms with van der Waals surface area (Å²) in [5, 5.41) is 8.56. The van der Waals surface area contributed by atoms with Gasteiger partial charge in [-0.15, -0.1) is 0 Å². The molecule has 1 heteroatoms. The largest absolute Gasteiger partial charge is 0.396 e. The van der Waals surface area contributed by atoms with Gasteiger partial charge in [-0.2, -0.15) is 0 Å². The minimum Gasteiger partial charge on any atom is -0.396 e. The number of aliphatic hydroxyl groups excluding tert-OH is 1. The first-order valence-electron chi connectivity index (χ1n) is 5.91. The first kappa shape index (κ1) is 15.4. The predicted octanol–water partition coefficient (Wildman–Crippen LogP) is 4.22. The molecule has 92 valence electrons. The summed E-state index contributed by atoms with van der Waals surface area (Å²) in [5.74, 6) is 0. The third-order valence-electron chi connectivity index (χ3n) is 2.06. The second kappa shape index (κ2) is 12.5. The summed E-state index contributed by atoms with van der Waals surface area (Å²) in [4.78, 5) is 0. The highest BCUT2D eigenvalue weighted by atomic mass is 16.2. The van der Waals surface area contributed by atoms with Crippen LogP contribution >= 0.6 is 0 Å². The van der Waals surface area contributed by atoms with Gasteiger partial charge in [0.05, 0.1) is 0 Å². The van der Waals surface area contributed by atoms with E-state index in [1.54, 1.807) is 12.2 Å². The molecule has 1 aromatic carbocycles.